The second kappa shape index (κ2) is 7.46. The molecule has 1 aliphatic carbocycles. The Morgan fingerprint density at radius 3 is 2.33 bits per heavy atom. The fourth-order valence-corrected chi connectivity index (χ4v) is 4.39. The molecule has 24 heavy (non-hydrogen) atoms. The van der Waals surface area contributed by atoms with E-state index >= 15 is 0 Å². The zero-order chi connectivity index (χ0) is 17.1. The molecule has 1 aliphatic rings. The van der Waals surface area contributed by atoms with Gasteiger partial charge in [-0.2, -0.15) is 0 Å². The fourth-order valence-electron chi connectivity index (χ4n) is 4.39. The van der Waals surface area contributed by atoms with Crippen LogP contribution >= 0.6 is 0 Å². The summed E-state index contributed by atoms with van der Waals surface area (Å²) < 4.78 is 0. The monoisotopic (exact) mass is 326 g/mol. The molecule has 2 atom stereocenters. The number of hydrogen-bond donors (Lipinski definition) is 2. The molecule has 0 radical (unpaired) electrons. The maximum Gasteiger partial charge on any atom is 0.127 e. The third-order valence-electron chi connectivity index (χ3n) is 5.88. The summed E-state index contributed by atoms with van der Waals surface area (Å²) in [5.74, 6) is 2.21. The van der Waals surface area contributed by atoms with Crippen LogP contribution in [0.5, 0.6) is 11.5 Å². The van der Waals surface area contributed by atoms with E-state index in [0.717, 1.165) is 47.1 Å². The number of unbranched alkanes of at least 4 members (excludes halogenated alkanes) is 1. The predicted octanol–water partition coefficient (Wildman–Crippen LogP) is 5.96. The van der Waals surface area contributed by atoms with E-state index in [0.29, 0.717) is 17.4 Å². The highest BCUT2D eigenvalue weighted by Gasteiger charge is 2.27. The molecule has 130 valence electrons. The SMILES string of the molecule is CCCCC(CC)CC1CCc2c(c(O)c3ccccc3c2O)C1. The van der Waals surface area contributed by atoms with Crippen molar-refractivity contribution in [1.82, 2.24) is 0 Å². The average molecular weight is 326 g/mol. The van der Waals surface area contributed by atoms with Crippen LogP contribution in [0.2, 0.25) is 0 Å². The first-order chi connectivity index (χ1) is 11.7. The lowest BCUT2D eigenvalue weighted by atomic mass is 9.76. The van der Waals surface area contributed by atoms with E-state index in [1.807, 2.05) is 24.3 Å². The minimum absolute atomic E-state index is 0.384. The Hall–Kier alpha value is -1.70. The number of fused-ring (bicyclic) bond motifs is 2. The van der Waals surface area contributed by atoms with E-state index in [9.17, 15) is 10.2 Å². The smallest absolute Gasteiger partial charge is 0.127 e. The molecule has 2 heteroatoms. The lowest BCUT2D eigenvalue weighted by Gasteiger charge is -2.29. The Kier molecular flexibility index (Phi) is 5.33. The highest BCUT2D eigenvalue weighted by atomic mass is 16.3. The number of phenols is 2. The summed E-state index contributed by atoms with van der Waals surface area (Å²) in [6.07, 6.45) is 9.33. The van der Waals surface area contributed by atoms with Crippen molar-refractivity contribution in [2.75, 3.05) is 0 Å². The van der Waals surface area contributed by atoms with Crippen molar-refractivity contribution >= 4 is 10.8 Å². The van der Waals surface area contributed by atoms with Gasteiger partial charge in [-0.15, -0.1) is 0 Å². The van der Waals surface area contributed by atoms with Gasteiger partial charge in [0.1, 0.15) is 11.5 Å². The van der Waals surface area contributed by atoms with Crippen LogP contribution in [0.3, 0.4) is 0 Å². The summed E-state index contributed by atoms with van der Waals surface area (Å²) in [4.78, 5) is 0. The molecule has 2 aromatic carbocycles. The summed E-state index contributed by atoms with van der Waals surface area (Å²) >= 11 is 0. The van der Waals surface area contributed by atoms with Gasteiger partial charge in [-0.3, -0.25) is 0 Å². The number of aromatic hydroxyl groups is 2. The maximum atomic E-state index is 10.8. The quantitative estimate of drug-likeness (QED) is 0.643. The van der Waals surface area contributed by atoms with Gasteiger partial charge in [-0.1, -0.05) is 63.8 Å². The van der Waals surface area contributed by atoms with Crippen LogP contribution in [0.15, 0.2) is 24.3 Å². The van der Waals surface area contributed by atoms with E-state index in [4.69, 9.17) is 0 Å². The molecule has 0 aliphatic heterocycles. The number of phenolic OH excluding ortho intramolecular Hbond substituents is 2. The van der Waals surface area contributed by atoms with Crippen LogP contribution in [0.25, 0.3) is 10.8 Å². The molecule has 0 spiro atoms. The minimum atomic E-state index is 0.384. The fraction of sp³-hybridized carbons (Fsp3) is 0.545. The van der Waals surface area contributed by atoms with Gasteiger partial charge in [0.2, 0.25) is 0 Å². The van der Waals surface area contributed by atoms with Gasteiger partial charge in [0.15, 0.2) is 0 Å². The third-order valence-corrected chi connectivity index (χ3v) is 5.88. The molecule has 0 heterocycles. The van der Waals surface area contributed by atoms with Gasteiger partial charge < -0.3 is 10.2 Å². The summed E-state index contributed by atoms with van der Waals surface area (Å²) in [5, 5.41) is 23.0. The minimum Gasteiger partial charge on any atom is -0.507 e. The van der Waals surface area contributed by atoms with E-state index in [2.05, 4.69) is 13.8 Å². The van der Waals surface area contributed by atoms with Gasteiger partial charge in [0, 0.05) is 21.9 Å². The second-order valence-corrected chi connectivity index (χ2v) is 7.46. The Morgan fingerprint density at radius 1 is 1.04 bits per heavy atom. The van der Waals surface area contributed by atoms with Gasteiger partial charge in [-0.05, 0) is 37.5 Å². The molecule has 2 N–H and O–H groups in total. The molecule has 2 aromatic rings. The van der Waals surface area contributed by atoms with Gasteiger partial charge in [-0.25, -0.2) is 0 Å². The molecule has 0 aromatic heterocycles. The lowest BCUT2D eigenvalue weighted by Crippen LogP contribution is -2.18. The number of rotatable bonds is 6. The van der Waals surface area contributed by atoms with Crippen LogP contribution in [-0.4, -0.2) is 10.2 Å². The van der Waals surface area contributed by atoms with Crippen LogP contribution in [0.4, 0.5) is 0 Å². The first kappa shape index (κ1) is 17.1. The molecule has 3 rings (SSSR count). The average Bonchev–Trinajstić information content (AvgIpc) is 2.63. The van der Waals surface area contributed by atoms with E-state index in [-0.39, 0.29) is 0 Å². The Bertz CT molecular complexity index is 705. The Labute approximate surface area is 145 Å². The zero-order valence-electron chi connectivity index (χ0n) is 15.0. The summed E-state index contributed by atoms with van der Waals surface area (Å²) in [6, 6.07) is 7.64. The summed E-state index contributed by atoms with van der Waals surface area (Å²) in [5.41, 5.74) is 1.97. The van der Waals surface area contributed by atoms with Crippen molar-refractivity contribution in [1.29, 1.82) is 0 Å². The molecule has 0 bridgehead atoms. The second-order valence-electron chi connectivity index (χ2n) is 7.46. The van der Waals surface area contributed by atoms with Gasteiger partial charge >= 0.3 is 0 Å². The highest BCUT2D eigenvalue weighted by Crippen LogP contribution is 2.45. The predicted molar refractivity (Wildman–Crippen MR) is 101 cm³/mol. The topological polar surface area (TPSA) is 40.5 Å². The van der Waals surface area contributed by atoms with E-state index < -0.39 is 0 Å². The molecule has 0 amide bonds. The normalized spacial score (nSPS) is 18.5. The standard InChI is InChI=1S/C22H30O2/c1-3-5-8-15(4-2)13-16-11-12-19-20(14-16)22(24)18-10-7-6-9-17(18)21(19)23/h6-7,9-10,15-16,23-24H,3-5,8,11-14H2,1-2H3. The van der Waals surface area contributed by atoms with E-state index in [1.165, 1.54) is 32.1 Å². The number of hydrogen-bond acceptors (Lipinski definition) is 2. The van der Waals surface area contributed by atoms with Crippen molar-refractivity contribution in [2.45, 2.75) is 65.2 Å². The zero-order valence-corrected chi connectivity index (χ0v) is 15.0. The first-order valence-corrected chi connectivity index (χ1v) is 9.60. The Morgan fingerprint density at radius 2 is 1.71 bits per heavy atom. The van der Waals surface area contributed by atoms with Crippen LogP contribution in [0.1, 0.15) is 63.5 Å². The first-order valence-electron chi connectivity index (χ1n) is 9.60. The highest BCUT2D eigenvalue weighted by molar-refractivity contribution is 5.95. The number of benzene rings is 2. The van der Waals surface area contributed by atoms with Gasteiger partial charge in [0.25, 0.3) is 0 Å². The Balaban J connectivity index is 1.85. The lowest BCUT2D eigenvalue weighted by molar-refractivity contribution is 0.307. The van der Waals surface area contributed by atoms with Crippen molar-refractivity contribution in [3.8, 4) is 11.5 Å². The third kappa shape index (κ3) is 3.24. The van der Waals surface area contributed by atoms with Crippen molar-refractivity contribution < 1.29 is 10.2 Å². The molecule has 2 unspecified atom stereocenters. The van der Waals surface area contributed by atoms with E-state index in [1.54, 1.807) is 0 Å². The van der Waals surface area contributed by atoms with Crippen LogP contribution < -0.4 is 0 Å². The molecular formula is C22H30O2. The van der Waals surface area contributed by atoms with Crippen molar-refractivity contribution in [3.05, 3.63) is 35.4 Å². The summed E-state index contributed by atoms with van der Waals surface area (Å²) in [6.45, 7) is 4.56. The van der Waals surface area contributed by atoms with Crippen molar-refractivity contribution in [2.24, 2.45) is 11.8 Å². The molecule has 2 nitrogen and oxygen atoms in total. The van der Waals surface area contributed by atoms with Gasteiger partial charge in [0.05, 0.1) is 0 Å². The molecular weight excluding hydrogens is 296 g/mol. The molecule has 0 saturated carbocycles. The largest absolute Gasteiger partial charge is 0.507 e. The molecule has 0 saturated heterocycles. The van der Waals surface area contributed by atoms with Crippen molar-refractivity contribution in [3.63, 3.8) is 0 Å². The summed E-state index contributed by atoms with van der Waals surface area (Å²) in [7, 11) is 0. The van der Waals surface area contributed by atoms with Crippen LogP contribution in [0, 0.1) is 11.8 Å². The molecule has 0 fully saturated rings. The van der Waals surface area contributed by atoms with Crippen LogP contribution in [-0.2, 0) is 12.8 Å². The maximum absolute atomic E-state index is 10.8.